The molecule has 28 heavy (non-hydrogen) atoms. The Kier molecular flexibility index (Phi) is 7.57. The summed E-state index contributed by atoms with van der Waals surface area (Å²) < 4.78 is 28.3. The maximum atomic E-state index is 12.6. The third kappa shape index (κ3) is 6.70. The van der Waals surface area contributed by atoms with Crippen LogP contribution in [0.5, 0.6) is 5.75 Å². The average Bonchev–Trinajstić information content (AvgIpc) is 2.69. The number of methoxy groups -OCH3 is 1. The van der Waals surface area contributed by atoms with Crippen molar-refractivity contribution in [3.63, 3.8) is 0 Å². The number of carbonyl (C=O) groups is 2. The fourth-order valence-corrected chi connectivity index (χ4v) is 3.25. The number of sulfone groups is 1. The fourth-order valence-electron chi connectivity index (χ4n) is 2.59. The normalized spacial score (nSPS) is 12.1. The van der Waals surface area contributed by atoms with E-state index < -0.39 is 27.7 Å². The molecule has 0 unspecified atom stereocenters. The average molecular weight is 404 g/mol. The van der Waals surface area contributed by atoms with Crippen LogP contribution in [0.4, 0.5) is 0 Å². The van der Waals surface area contributed by atoms with Crippen LogP contribution in [-0.4, -0.2) is 45.4 Å². The summed E-state index contributed by atoms with van der Waals surface area (Å²) in [6.45, 7) is 0.194. The molecule has 0 saturated carbocycles. The standard InChI is InChI=1S/C20H24N2O5S/c1-27-18-11-7-6-10-16(18)14-21-20(24)17(12-13-28(2,25)26)22-19(23)15-8-4-3-5-9-15/h3-11,17H,12-14H2,1-2H3,(H,21,24)(H,22,23)/t17-/m0/s1. The number of nitrogens with one attached hydrogen (secondary N) is 2. The van der Waals surface area contributed by atoms with Crippen LogP contribution in [0.25, 0.3) is 0 Å². The minimum Gasteiger partial charge on any atom is -0.496 e. The van der Waals surface area contributed by atoms with Gasteiger partial charge in [-0.05, 0) is 24.6 Å². The van der Waals surface area contributed by atoms with Crippen LogP contribution in [0, 0.1) is 0 Å². The Bertz CT molecular complexity index is 913. The fraction of sp³-hybridized carbons (Fsp3) is 0.300. The molecule has 0 radical (unpaired) electrons. The van der Waals surface area contributed by atoms with Gasteiger partial charge in [-0.2, -0.15) is 0 Å². The van der Waals surface area contributed by atoms with Gasteiger partial charge in [-0.1, -0.05) is 36.4 Å². The van der Waals surface area contributed by atoms with Crippen LogP contribution in [-0.2, 0) is 21.2 Å². The van der Waals surface area contributed by atoms with Crippen molar-refractivity contribution >= 4 is 21.7 Å². The first kappa shape index (κ1) is 21.4. The second kappa shape index (κ2) is 9.89. The molecule has 8 heteroatoms. The number of benzene rings is 2. The number of carbonyl (C=O) groups excluding carboxylic acids is 2. The first-order valence-electron chi connectivity index (χ1n) is 8.73. The van der Waals surface area contributed by atoms with Gasteiger partial charge in [-0.15, -0.1) is 0 Å². The van der Waals surface area contributed by atoms with E-state index in [-0.39, 0.29) is 18.7 Å². The van der Waals surface area contributed by atoms with Gasteiger partial charge >= 0.3 is 0 Å². The lowest BCUT2D eigenvalue weighted by Crippen LogP contribution is -2.47. The molecule has 0 bridgehead atoms. The highest BCUT2D eigenvalue weighted by Gasteiger charge is 2.23. The molecule has 0 aromatic heterocycles. The van der Waals surface area contributed by atoms with Crippen molar-refractivity contribution in [1.82, 2.24) is 10.6 Å². The zero-order chi connectivity index (χ0) is 20.6. The first-order chi connectivity index (χ1) is 13.3. The number of hydrogen-bond acceptors (Lipinski definition) is 5. The van der Waals surface area contributed by atoms with Gasteiger partial charge in [-0.3, -0.25) is 9.59 Å². The second-order valence-corrected chi connectivity index (χ2v) is 8.60. The van der Waals surface area contributed by atoms with E-state index in [4.69, 9.17) is 4.74 Å². The summed E-state index contributed by atoms with van der Waals surface area (Å²) >= 11 is 0. The van der Waals surface area contributed by atoms with Crippen LogP contribution in [0.1, 0.15) is 22.3 Å². The lowest BCUT2D eigenvalue weighted by atomic mass is 10.1. The van der Waals surface area contributed by atoms with Gasteiger partial charge in [0.15, 0.2) is 0 Å². The largest absolute Gasteiger partial charge is 0.496 e. The molecule has 0 saturated heterocycles. The predicted octanol–water partition coefficient (Wildman–Crippen LogP) is 1.54. The van der Waals surface area contributed by atoms with E-state index >= 15 is 0 Å². The molecule has 2 amide bonds. The summed E-state index contributed by atoms with van der Waals surface area (Å²) in [7, 11) is -1.74. The highest BCUT2D eigenvalue weighted by Crippen LogP contribution is 2.16. The van der Waals surface area contributed by atoms with E-state index in [0.29, 0.717) is 11.3 Å². The quantitative estimate of drug-likeness (QED) is 0.660. The van der Waals surface area contributed by atoms with Crippen molar-refractivity contribution in [2.45, 2.75) is 19.0 Å². The summed E-state index contributed by atoms with van der Waals surface area (Å²) in [6.07, 6.45) is 1.07. The Balaban J connectivity index is 2.08. The number of para-hydroxylation sites is 1. The molecule has 0 aliphatic rings. The van der Waals surface area contributed by atoms with Gasteiger partial charge in [0.1, 0.15) is 21.6 Å². The molecule has 2 aromatic carbocycles. The Morgan fingerprint density at radius 1 is 1.04 bits per heavy atom. The molecule has 1 atom stereocenters. The van der Waals surface area contributed by atoms with Crippen molar-refractivity contribution < 1.29 is 22.7 Å². The molecule has 0 fully saturated rings. The van der Waals surface area contributed by atoms with Crippen molar-refractivity contribution in [3.05, 3.63) is 65.7 Å². The molecule has 0 spiro atoms. The topological polar surface area (TPSA) is 102 Å². The minimum absolute atomic E-state index is 0.0187. The van der Waals surface area contributed by atoms with Crippen molar-refractivity contribution in [2.24, 2.45) is 0 Å². The van der Waals surface area contributed by atoms with Crippen LogP contribution < -0.4 is 15.4 Å². The molecule has 2 aromatic rings. The van der Waals surface area contributed by atoms with E-state index in [1.807, 2.05) is 18.2 Å². The predicted molar refractivity (Wildman–Crippen MR) is 107 cm³/mol. The van der Waals surface area contributed by atoms with Gasteiger partial charge < -0.3 is 15.4 Å². The first-order valence-corrected chi connectivity index (χ1v) is 10.8. The van der Waals surface area contributed by atoms with Gasteiger partial charge in [0.2, 0.25) is 5.91 Å². The summed E-state index contributed by atoms with van der Waals surface area (Å²) in [4.78, 5) is 25.0. The lowest BCUT2D eigenvalue weighted by Gasteiger charge is -2.19. The molecule has 0 aliphatic carbocycles. The SMILES string of the molecule is COc1ccccc1CNC(=O)[C@H](CCS(C)(=O)=O)NC(=O)c1ccccc1. The van der Waals surface area contributed by atoms with Crippen LogP contribution >= 0.6 is 0 Å². The van der Waals surface area contributed by atoms with Gasteiger partial charge in [-0.25, -0.2) is 8.42 Å². The lowest BCUT2D eigenvalue weighted by molar-refractivity contribution is -0.123. The molecular formula is C20H24N2O5S. The van der Waals surface area contributed by atoms with Crippen molar-refractivity contribution in [3.8, 4) is 5.75 Å². The third-order valence-corrected chi connectivity index (χ3v) is 5.06. The summed E-state index contributed by atoms with van der Waals surface area (Å²) in [6, 6.07) is 14.7. The van der Waals surface area contributed by atoms with E-state index in [1.165, 1.54) is 7.11 Å². The highest BCUT2D eigenvalue weighted by molar-refractivity contribution is 7.90. The maximum absolute atomic E-state index is 12.6. The Morgan fingerprint density at radius 2 is 1.68 bits per heavy atom. The van der Waals surface area contributed by atoms with Gasteiger partial charge in [0.25, 0.3) is 5.91 Å². The summed E-state index contributed by atoms with van der Waals surface area (Å²) in [5.74, 6) is -0.483. The van der Waals surface area contributed by atoms with Gasteiger partial charge in [0, 0.05) is 23.9 Å². The van der Waals surface area contributed by atoms with E-state index in [2.05, 4.69) is 10.6 Å². The minimum atomic E-state index is -3.28. The van der Waals surface area contributed by atoms with E-state index in [9.17, 15) is 18.0 Å². The van der Waals surface area contributed by atoms with Crippen molar-refractivity contribution in [1.29, 1.82) is 0 Å². The second-order valence-electron chi connectivity index (χ2n) is 6.34. The number of rotatable bonds is 9. The zero-order valence-electron chi connectivity index (χ0n) is 15.8. The van der Waals surface area contributed by atoms with E-state index in [1.54, 1.807) is 36.4 Å². The van der Waals surface area contributed by atoms with E-state index in [0.717, 1.165) is 11.8 Å². The van der Waals surface area contributed by atoms with Crippen LogP contribution in [0.3, 0.4) is 0 Å². The number of hydrogen-bond donors (Lipinski definition) is 2. The monoisotopic (exact) mass is 404 g/mol. The van der Waals surface area contributed by atoms with Crippen LogP contribution in [0.2, 0.25) is 0 Å². The summed E-state index contributed by atoms with van der Waals surface area (Å²) in [5.41, 5.74) is 1.17. The molecule has 2 N–H and O–H groups in total. The molecule has 7 nitrogen and oxygen atoms in total. The molecular weight excluding hydrogens is 380 g/mol. The maximum Gasteiger partial charge on any atom is 0.251 e. The Labute approximate surface area is 165 Å². The Hall–Kier alpha value is -2.87. The Morgan fingerprint density at radius 3 is 2.32 bits per heavy atom. The smallest absolute Gasteiger partial charge is 0.251 e. The molecule has 0 aliphatic heterocycles. The van der Waals surface area contributed by atoms with Gasteiger partial charge in [0.05, 0.1) is 12.9 Å². The zero-order valence-corrected chi connectivity index (χ0v) is 16.7. The third-order valence-electron chi connectivity index (χ3n) is 4.08. The molecule has 2 rings (SSSR count). The number of ether oxygens (including phenoxy) is 1. The molecule has 0 heterocycles. The van der Waals surface area contributed by atoms with Crippen molar-refractivity contribution in [2.75, 3.05) is 19.1 Å². The number of amides is 2. The molecule has 150 valence electrons. The highest BCUT2D eigenvalue weighted by atomic mass is 32.2. The van der Waals surface area contributed by atoms with Crippen LogP contribution in [0.15, 0.2) is 54.6 Å². The summed E-state index contributed by atoms with van der Waals surface area (Å²) in [5, 5.41) is 5.36.